The third kappa shape index (κ3) is 1.87. The predicted molar refractivity (Wildman–Crippen MR) is 82.0 cm³/mol. The Morgan fingerprint density at radius 2 is 1.95 bits per heavy atom. The highest BCUT2D eigenvalue weighted by molar-refractivity contribution is 5.86. The van der Waals surface area contributed by atoms with Crippen LogP contribution in [-0.2, 0) is 0 Å². The summed E-state index contributed by atoms with van der Waals surface area (Å²) in [5.74, 6) is 0.272. The van der Waals surface area contributed by atoms with E-state index in [1.165, 1.54) is 0 Å². The third-order valence-corrected chi connectivity index (χ3v) is 3.41. The summed E-state index contributed by atoms with van der Waals surface area (Å²) >= 11 is 0. The van der Waals surface area contributed by atoms with Gasteiger partial charge in [0.2, 0.25) is 5.89 Å². The smallest absolute Gasteiger partial charge is 0.347 e. The predicted octanol–water partition coefficient (Wildman–Crippen LogP) is 2.92. The van der Waals surface area contributed by atoms with Gasteiger partial charge in [-0.15, -0.1) is 0 Å². The van der Waals surface area contributed by atoms with Crippen LogP contribution in [0, 0.1) is 0 Å². The first-order valence-corrected chi connectivity index (χ1v) is 6.49. The van der Waals surface area contributed by atoms with E-state index in [4.69, 9.17) is 10.2 Å². The van der Waals surface area contributed by atoms with Crippen molar-refractivity contribution in [1.29, 1.82) is 0 Å². The molecule has 0 spiro atoms. The highest BCUT2D eigenvalue weighted by atomic mass is 16.4. The number of nitrogens with two attached hydrogens (primary N) is 1. The van der Waals surface area contributed by atoms with Crippen molar-refractivity contribution in [3.8, 4) is 11.6 Å². The fourth-order valence-corrected chi connectivity index (χ4v) is 2.39. The lowest BCUT2D eigenvalue weighted by Crippen LogP contribution is -2.03. The fourth-order valence-electron chi connectivity index (χ4n) is 2.39. The lowest BCUT2D eigenvalue weighted by atomic mass is 10.2. The number of H-pyrrole nitrogens is 1. The van der Waals surface area contributed by atoms with E-state index >= 15 is 0 Å². The summed E-state index contributed by atoms with van der Waals surface area (Å²) in [5, 5.41) is 1.42. The van der Waals surface area contributed by atoms with Crippen LogP contribution in [0.3, 0.4) is 0 Å². The zero-order valence-corrected chi connectivity index (χ0v) is 11.0. The molecular weight excluding hydrogens is 266 g/mol. The molecule has 3 N–H and O–H groups in total. The van der Waals surface area contributed by atoms with Gasteiger partial charge < -0.3 is 15.1 Å². The van der Waals surface area contributed by atoms with E-state index in [1.54, 1.807) is 18.2 Å². The van der Waals surface area contributed by atoms with Gasteiger partial charge >= 0.3 is 5.63 Å². The zero-order chi connectivity index (χ0) is 14.4. The van der Waals surface area contributed by atoms with Gasteiger partial charge in [-0.2, -0.15) is 0 Å². The molecule has 4 aromatic rings. The Morgan fingerprint density at radius 1 is 1.10 bits per heavy atom. The van der Waals surface area contributed by atoms with Crippen LogP contribution in [0.1, 0.15) is 0 Å². The second kappa shape index (κ2) is 4.21. The Balaban J connectivity index is 1.98. The van der Waals surface area contributed by atoms with Crippen LogP contribution in [0.4, 0.5) is 5.69 Å². The lowest BCUT2D eigenvalue weighted by Gasteiger charge is -2.00. The van der Waals surface area contributed by atoms with Gasteiger partial charge in [0.25, 0.3) is 0 Å². The minimum atomic E-state index is -0.444. The molecule has 2 aromatic heterocycles. The number of benzene rings is 2. The van der Waals surface area contributed by atoms with Crippen molar-refractivity contribution in [2.24, 2.45) is 0 Å². The van der Waals surface area contributed by atoms with Crippen molar-refractivity contribution < 1.29 is 4.42 Å². The molecule has 0 aliphatic rings. The molecule has 0 bridgehead atoms. The lowest BCUT2D eigenvalue weighted by molar-refractivity contribution is 0.517. The zero-order valence-electron chi connectivity index (χ0n) is 11.0. The molecule has 0 saturated carbocycles. The van der Waals surface area contributed by atoms with Gasteiger partial charge in [0.15, 0.2) is 0 Å². The summed E-state index contributed by atoms with van der Waals surface area (Å²) in [4.78, 5) is 19.6. The molecule has 2 heterocycles. The van der Waals surface area contributed by atoms with Crippen molar-refractivity contribution in [3.63, 3.8) is 0 Å². The number of anilines is 1. The summed E-state index contributed by atoms with van der Waals surface area (Å²) in [6.45, 7) is 0. The number of fused-ring (bicyclic) bond motifs is 2. The summed E-state index contributed by atoms with van der Waals surface area (Å²) in [6.07, 6.45) is 0. The summed E-state index contributed by atoms with van der Waals surface area (Å²) in [7, 11) is 0. The highest BCUT2D eigenvalue weighted by Crippen LogP contribution is 2.23. The van der Waals surface area contributed by atoms with Crippen molar-refractivity contribution in [3.05, 3.63) is 59.0 Å². The molecule has 0 fully saturated rings. The van der Waals surface area contributed by atoms with Gasteiger partial charge in [-0.3, -0.25) is 0 Å². The van der Waals surface area contributed by atoms with Gasteiger partial charge in [0, 0.05) is 16.6 Å². The van der Waals surface area contributed by atoms with E-state index in [0.29, 0.717) is 22.3 Å². The van der Waals surface area contributed by atoms with Crippen LogP contribution in [0.2, 0.25) is 0 Å². The van der Waals surface area contributed by atoms with Crippen LogP contribution in [0.15, 0.2) is 57.7 Å². The molecule has 5 nitrogen and oxygen atoms in total. The molecule has 0 saturated heterocycles. The number of aromatic amines is 1. The topological polar surface area (TPSA) is 84.9 Å². The Morgan fingerprint density at radius 3 is 2.81 bits per heavy atom. The number of para-hydroxylation sites is 1. The molecule has 102 valence electrons. The molecule has 0 aliphatic carbocycles. The second-order valence-corrected chi connectivity index (χ2v) is 4.85. The van der Waals surface area contributed by atoms with Crippen LogP contribution in [0.25, 0.3) is 33.4 Å². The average Bonchev–Trinajstić information content (AvgIpc) is 2.92. The van der Waals surface area contributed by atoms with Crippen LogP contribution >= 0.6 is 0 Å². The quantitative estimate of drug-likeness (QED) is 0.524. The molecule has 2 aromatic carbocycles. The first-order valence-electron chi connectivity index (χ1n) is 6.49. The average molecular weight is 277 g/mol. The molecule has 0 aliphatic heterocycles. The number of nitrogen functional groups attached to an aromatic ring is 1. The van der Waals surface area contributed by atoms with E-state index in [0.717, 1.165) is 10.9 Å². The van der Waals surface area contributed by atoms with Crippen LogP contribution in [-0.4, -0.2) is 9.97 Å². The van der Waals surface area contributed by atoms with Crippen molar-refractivity contribution >= 4 is 27.5 Å². The monoisotopic (exact) mass is 277 g/mol. The van der Waals surface area contributed by atoms with Gasteiger partial charge in [-0.05, 0) is 30.3 Å². The Hall–Kier alpha value is -3.08. The minimum Gasteiger partial charge on any atom is -0.401 e. The minimum absolute atomic E-state index is 0.272. The normalized spacial score (nSPS) is 11.2. The molecular formula is C16H11N3O2. The molecule has 0 amide bonds. The maximum absolute atomic E-state index is 12.1. The van der Waals surface area contributed by atoms with Gasteiger partial charge in [-0.1, -0.05) is 18.2 Å². The Kier molecular flexibility index (Phi) is 2.35. The van der Waals surface area contributed by atoms with Crippen molar-refractivity contribution in [2.45, 2.75) is 0 Å². The number of nitrogens with zero attached hydrogens (tertiary/aromatic N) is 1. The SMILES string of the molecule is Nc1ccc2nc(-c3cc4ccccc4[nH]3)oc(=O)c2c1. The second-order valence-electron chi connectivity index (χ2n) is 4.85. The van der Waals surface area contributed by atoms with Gasteiger partial charge in [-0.25, -0.2) is 9.78 Å². The van der Waals surface area contributed by atoms with Crippen molar-refractivity contribution in [1.82, 2.24) is 9.97 Å². The van der Waals surface area contributed by atoms with E-state index in [-0.39, 0.29) is 5.89 Å². The number of hydrogen-bond acceptors (Lipinski definition) is 4. The molecule has 0 radical (unpaired) electrons. The van der Waals surface area contributed by atoms with E-state index < -0.39 is 5.63 Å². The standard InChI is InChI=1S/C16H11N3O2/c17-10-5-6-13-11(8-10)16(20)21-15(19-13)14-7-9-3-1-2-4-12(9)18-14/h1-8,18H,17H2. The van der Waals surface area contributed by atoms with Crippen molar-refractivity contribution in [2.75, 3.05) is 5.73 Å². The van der Waals surface area contributed by atoms with Crippen LogP contribution in [0.5, 0.6) is 0 Å². The molecule has 5 heteroatoms. The molecule has 0 atom stereocenters. The summed E-state index contributed by atoms with van der Waals surface area (Å²) in [5.41, 5.74) is 7.95. The van der Waals surface area contributed by atoms with Crippen LogP contribution < -0.4 is 11.4 Å². The number of aromatic nitrogens is 2. The largest absolute Gasteiger partial charge is 0.401 e. The number of rotatable bonds is 1. The first-order chi connectivity index (χ1) is 10.2. The summed E-state index contributed by atoms with van der Waals surface area (Å²) in [6, 6.07) is 14.7. The van der Waals surface area contributed by atoms with E-state index in [9.17, 15) is 4.79 Å². The Labute approximate surface area is 119 Å². The molecule has 21 heavy (non-hydrogen) atoms. The number of nitrogens with one attached hydrogen (secondary N) is 1. The third-order valence-electron chi connectivity index (χ3n) is 3.41. The van der Waals surface area contributed by atoms with E-state index in [1.807, 2.05) is 30.3 Å². The fraction of sp³-hybridized carbons (Fsp3) is 0. The first kappa shape index (κ1) is 11.7. The maximum Gasteiger partial charge on any atom is 0.347 e. The molecule has 4 rings (SSSR count). The van der Waals surface area contributed by atoms with E-state index in [2.05, 4.69) is 9.97 Å². The Bertz CT molecular complexity index is 997. The maximum atomic E-state index is 12.1. The highest BCUT2D eigenvalue weighted by Gasteiger charge is 2.11. The van der Waals surface area contributed by atoms with Gasteiger partial charge in [0.1, 0.15) is 5.69 Å². The summed E-state index contributed by atoms with van der Waals surface area (Å²) < 4.78 is 5.31. The number of hydrogen-bond donors (Lipinski definition) is 2. The van der Waals surface area contributed by atoms with Gasteiger partial charge in [0.05, 0.1) is 10.9 Å². The molecule has 0 unspecified atom stereocenters.